The van der Waals surface area contributed by atoms with Crippen LogP contribution in [0.1, 0.15) is 13.8 Å². The number of hydrogen-bond donors (Lipinski definition) is 1. The summed E-state index contributed by atoms with van der Waals surface area (Å²) in [5.74, 6) is 0.0964. The van der Waals surface area contributed by atoms with Crippen molar-refractivity contribution in [2.24, 2.45) is 0 Å². The number of hydrogen-bond acceptors (Lipinski definition) is 9. The highest BCUT2D eigenvalue weighted by Crippen LogP contribution is 2.27. The number of sulfonamides is 1. The number of amides is 1. The van der Waals surface area contributed by atoms with Crippen LogP contribution in [-0.2, 0) is 14.8 Å². The maximum Gasteiger partial charge on any atom is 0.277 e. The van der Waals surface area contributed by atoms with Gasteiger partial charge in [0.05, 0.1) is 20.9 Å². The van der Waals surface area contributed by atoms with Crippen LogP contribution in [0.2, 0.25) is 0 Å². The zero-order chi connectivity index (χ0) is 23.4. The Morgan fingerprint density at radius 2 is 1.82 bits per heavy atom. The van der Waals surface area contributed by atoms with E-state index in [4.69, 9.17) is 4.42 Å². The number of aromatic nitrogens is 3. The van der Waals surface area contributed by atoms with E-state index in [1.165, 1.54) is 27.8 Å². The molecule has 0 spiro atoms. The first-order valence-corrected chi connectivity index (χ1v) is 13.4. The number of thioether (sulfide) groups is 1. The van der Waals surface area contributed by atoms with Gasteiger partial charge in [-0.2, -0.15) is 4.31 Å². The molecule has 2 aromatic carbocycles. The molecule has 1 amide bonds. The highest BCUT2D eigenvalue weighted by atomic mass is 32.2. The predicted molar refractivity (Wildman–Crippen MR) is 129 cm³/mol. The Balaban J connectivity index is 1.37. The maximum atomic E-state index is 12.6. The molecule has 2 aromatic heterocycles. The summed E-state index contributed by atoms with van der Waals surface area (Å²) >= 11 is 2.52. The second kappa shape index (κ2) is 10.00. The van der Waals surface area contributed by atoms with Crippen molar-refractivity contribution in [3.05, 3.63) is 48.5 Å². The van der Waals surface area contributed by atoms with Crippen molar-refractivity contribution < 1.29 is 17.6 Å². The quantitative estimate of drug-likeness (QED) is 0.339. The SMILES string of the molecule is CCN(CC)S(=O)(=O)c1ccc(-c2nnc(SCC(=O)Nc3nc4ccccc4s3)o2)cc1. The van der Waals surface area contributed by atoms with Gasteiger partial charge in [0, 0.05) is 18.7 Å². The van der Waals surface area contributed by atoms with Crippen LogP contribution in [0.3, 0.4) is 0 Å². The Morgan fingerprint density at radius 3 is 2.52 bits per heavy atom. The standard InChI is InChI=1S/C21H21N5O4S3/c1-3-26(4-2)33(28,29)15-11-9-14(10-12-15)19-24-25-21(30-19)31-13-18(27)23-20-22-16-7-5-6-8-17(16)32-20/h5-12H,3-4,13H2,1-2H3,(H,22,23,27). The molecule has 0 aliphatic carbocycles. The number of carbonyl (C=O) groups excluding carboxylic acids is 1. The van der Waals surface area contributed by atoms with Crippen LogP contribution in [0.4, 0.5) is 5.13 Å². The average Bonchev–Trinajstić information content (AvgIpc) is 3.45. The molecule has 2 heterocycles. The average molecular weight is 504 g/mol. The molecule has 33 heavy (non-hydrogen) atoms. The Morgan fingerprint density at radius 1 is 1.09 bits per heavy atom. The molecule has 0 saturated carbocycles. The molecule has 1 N–H and O–H groups in total. The van der Waals surface area contributed by atoms with E-state index in [9.17, 15) is 13.2 Å². The van der Waals surface area contributed by atoms with E-state index in [0.29, 0.717) is 23.8 Å². The highest BCUT2D eigenvalue weighted by molar-refractivity contribution is 7.99. The number of para-hydroxylation sites is 1. The monoisotopic (exact) mass is 503 g/mol. The molecule has 12 heteroatoms. The minimum Gasteiger partial charge on any atom is -0.411 e. The number of rotatable bonds is 9. The number of anilines is 1. The van der Waals surface area contributed by atoms with Gasteiger partial charge >= 0.3 is 0 Å². The van der Waals surface area contributed by atoms with Crippen molar-refractivity contribution in [1.29, 1.82) is 0 Å². The minimum absolute atomic E-state index is 0.0820. The molecule has 0 fully saturated rings. The van der Waals surface area contributed by atoms with Crippen molar-refractivity contribution in [2.45, 2.75) is 24.0 Å². The summed E-state index contributed by atoms with van der Waals surface area (Å²) in [5.41, 5.74) is 1.43. The molecule has 0 radical (unpaired) electrons. The number of carbonyl (C=O) groups is 1. The second-order valence-electron chi connectivity index (χ2n) is 6.81. The number of nitrogens with one attached hydrogen (secondary N) is 1. The van der Waals surface area contributed by atoms with Gasteiger partial charge in [-0.1, -0.05) is 49.1 Å². The van der Waals surface area contributed by atoms with E-state index in [0.717, 1.165) is 22.0 Å². The third kappa shape index (κ3) is 5.24. The topological polar surface area (TPSA) is 118 Å². The van der Waals surface area contributed by atoms with Crippen LogP contribution in [-0.4, -0.2) is 52.7 Å². The Kier molecular flexibility index (Phi) is 7.08. The molecule has 0 saturated heterocycles. The first-order chi connectivity index (χ1) is 15.9. The first kappa shape index (κ1) is 23.4. The Bertz CT molecular complexity index is 1330. The van der Waals surface area contributed by atoms with Gasteiger partial charge in [-0.05, 0) is 36.4 Å². The van der Waals surface area contributed by atoms with Crippen molar-refractivity contribution in [1.82, 2.24) is 19.5 Å². The van der Waals surface area contributed by atoms with Crippen LogP contribution in [0, 0.1) is 0 Å². The van der Waals surface area contributed by atoms with E-state index in [1.807, 2.05) is 24.3 Å². The Hall–Kier alpha value is -2.80. The van der Waals surface area contributed by atoms with E-state index < -0.39 is 10.0 Å². The van der Waals surface area contributed by atoms with Gasteiger partial charge in [-0.25, -0.2) is 13.4 Å². The Labute approximate surface area is 199 Å². The lowest BCUT2D eigenvalue weighted by Gasteiger charge is -2.18. The first-order valence-electron chi connectivity index (χ1n) is 10.1. The summed E-state index contributed by atoms with van der Waals surface area (Å²) in [6.45, 7) is 4.40. The summed E-state index contributed by atoms with van der Waals surface area (Å²) in [6.07, 6.45) is 0. The zero-order valence-electron chi connectivity index (χ0n) is 17.9. The van der Waals surface area contributed by atoms with E-state index in [2.05, 4.69) is 20.5 Å². The smallest absolute Gasteiger partial charge is 0.277 e. The summed E-state index contributed by atoms with van der Waals surface area (Å²) in [7, 11) is -3.53. The number of nitrogens with zero attached hydrogens (tertiary/aromatic N) is 4. The van der Waals surface area contributed by atoms with Crippen molar-refractivity contribution in [3.63, 3.8) is 0 Å². The van der Waals surface area contributed by atoms with Crippen molar-refractivity contribution in [3.8, 4) is 11.5 Å². The summed E-state index contributed by atoms with van der Waals surface area (Å²) in [6, 6.07) is 13.9. The summed E-state index contributed by atoms with van der Waals surface area (Å²) in [4.78, 5) is 16.8. The highest BCUT2D eigenvalue weighted by Gasteiger charge is 2.22. The van der Waals surface area contributed by atoms with E-state index >= 15 is 0 Å². The van der Waals surface area contributed by atoms with Gasteiger partial charge < -0.3 is 9.73 Å². The molecular formula is C21H21N5O4S3. The van der Waals surface area contributed by atoms with Gasteiger partial charge in [-0.3, -0.25) is 4.79 Å². The molecule has 0 bridgehead atoms. The lowest BCUT2D eigenvalue weighted by atomic mass is 10.2. The maximum absolute atomic E-state index is 12.6. The lowest BCUT2D eigenvalue weighted by Crippen LogP contribution is -2.30. The predicted octanol–water partition coefficient (Wildman–Crippen LogP) is 4.11. The third-order valence-corrected chi connectivity index (χ3v) is 8.55. The lowest BCUT2D eigenvalue weighted by molar-refractivity contribution is -0.113. The molecule has 9 nitrogen and oxygen atoms in total. The second-order valence-corrected chi connectivity index (χ2v) is 10.7. The largest absolute Gasteiger partial charge is 0.411 e. The number of benzene rings is 2. The fraction of sp³-hybridized carbons (Fsp3) is 0.238. The molecule has 0 aliphatic heterocycles. The molecule has 0 atom stereocenters. The van der Waals surface area contributed by atoms with Crippen LogP contribution in [0.15, 0.2) is 63.1 Å². The van der Waals surface area contributed by atoms with Crippen LogP contribution >= 0.6 is 23.1 Å². The molecule has 0 unspecified atom stereocenters. The van der Waals surface area contributed by atoms with Gasteiger partial charge in [0.1, 0.15) is 0 Å². The fourth-order valence-corrected chi connectivity index (χ4v) is 5.98. The van der Waals surface area contributed by atoms with Crippen molar-refractivity contribution >= 4 is 54.4 Å². The summed E-state index contributed by atoms with van der Waals surface area (Å²) < 4.78 is 33.2. The molecule has 0 aliphatic rings. The van der Waals surface area contributed by atoms with Gasteiger partial charge in [0.25, 0.3) is 5.22 Å². The molecular weight excluding hydrogens is 482 g/mol. The third-order valence-electron chi connectivity index (χ3n) is 4.72. The molecule has 4 rings (SSSR count). The number of thiazole rings is 1. The zero-order valence-corrected chi connectivity index (χ0v) is 20.3. The van der Waals surface area contributed by atoms with E-state index in [1.54, 1.807) is 26.0 Å². The van der Waals surface area contributed by atoms with Crippen molar-refractivity contribution in [2.75, 3.05) is 24.2 Å². The fourth-order valence-electron chi connectivity index (χ4n) is 3.08. The van der Waals surface area contributed by atoms with Crippen LogP contribution in [0.5, 0.6) is 0 Å². The van der Waals surface area contributed by atoms with E-state index in [-0.39, 0.29) is 27.7 Å². The minimum atomic E-state index is -3.53. The summed E-state index contributed by atoms with van der Waals surface area (Å²) in [5, 5.41) is 11.5. The normalized spacial score (nSPS) is 11.8. The van der Waals surface area contributed by atoms with Gasteiger partial charge in [0.2, 0.25) is 21.8 Å². The van der Waals surface area contributed by atoms with Crippen LogP contribution < -0.4 is 5.32 Å². The molecule has 172 valence electrons. The van der Waals surface area contributed by atoms with Gasteiger partial charge in [-0.15, -0.1) is 10.2 Å². The van der Waals surface area contributed by atoms with Crippen LogP contribution in [0.25, 0.3) is 21.7 Å². The molecule has 4 aromatic rings. The number of fused-ring (bicyclic) bond motifs is 1. The van der Waals surface area contributed by atoms with Gasteiger partial charge in [0.15, 0.2) is 5.13 Å².